The van der Waals surface area contributed by atoms with Gasteiger partial charge in [-0.25, -0.2) is 14.4 Å². The second-order valence-corrected chi connectivity index (χ2v) is 6.23. The molecule has 126 valence electrons. The lowest BCUT2D eigenvalue weighted by atomic mass is 10.0. The van der Waals surface area contributed by atoms with E-state index in [1.807, 2.05) is 24.3 Å². The van der Waals surface area contributed by atoms with E-state index in [1.165, 1.54) is 18.5 Å². The number of para-hydroxylation sites is 1. The molecule has 1 amide bonds. The summed E-state index contributed by atoms with van der Waals surface area (Å²) in [5, 5.41) is 7.00. The van der Waals surface area contributed by atoms with Crippen LogP contribution in [0.15, 0.2) is 54.9 Å². The quantitative estimate of drug-likeness (QED) is 0.752. The maximum atomic E-state index is 13.1. The van der Waals surface area contributed by atoms with E-state index in [2.05, 4.69) is 20.6 Å². The van der Waals surface area contributed by atoms with E-state index in [-0.39, 0.29) is 23.8 Å². The van der Waals surface area contributed by atoms with E-state index in [0.717, 1.165) is 29.3 Å². The van der Waals surface area contributed by atoms with Gasteiger partial charge >= 0.3 is 0 Å². The first-order valence-electron chi connectivity index (χ1n) is 8.17. The molecule has 6 heteroatoms. The van der Waals surface area contributed by atoms with Crippen LogP contribution in [-0.2, 0) is 10.3 Å². The second-order valence-electron chi connectivity index (χ2n) is 6.23. The molecular formula is C19H17FN4O. The SMILES string of the molecule is O=C(CNc1ncnc2ccccc12)NC1(c2ccc(F)cc2)CC1. The number of aromatic nitrogens is 2. The summed E-state index contributed by atoms with van der Waals surface area (Å²) in [5.41, 5.74) is 1.40. The zero-order chi connectivity index (χ0) is 17.3. The normalized spacial score (nSPS) is 14.9. The number of carbonyl (C=O) groups is 1. The first-order chi connectivity index (χ1) is 12.2. The molecule has 2 aromatic carbocycles. The average molecular weight is 336 g/mol. The molecule has 0 bridgehead atoms. The van der Waals surface area contributed by atoms with E-state index in [9.17, 15) is 9.18 Å². The summed E-state index contributed by atoms with van der Waals surface area (Å²) >= 11 is 0. The Balaban J connectivity index is 1.43. The number of hydrogen-bond donors (Lipinski definition) is 2. The lowest BCUT2D eigenvalue weighted by Gasteiger charge is -2.18. The van der Waals surface area contributed by atoms with Gasteiger partial charge in [0.05, 0.1) is 17.6 Å². The van der Waals surface area contributed by atoms with E-state index in [0.29, 0.717) is 5.82 Å². The molecule has 1 aromatic heterocycles. The molecule has 25 heavy (non-hydrogen) atoms. The van der Waals surface area contributed by atoms with Gasteiger partial charge in [-0.3, -0.25) is 4.79 Å². The van der Waals surface area contributed by atoms with Crippen molar-refractivity contribution < 1.29 is 9.18 Å². The summed E-state index contributed by atoms with van der Waals surface area (Å²) in [6.45, 7) is 0.115. The highest BCUT2D eigenvalue weighted by Crippen LogP contribution is 2.45. The van der Waals surface area contributed by atoms with Crippen molar-refractivity contribution in [3.63, 3.8) is 0 Å². The highest BCUT2D eigenvalue weighted by Gasteiger charge is 2.45. The van der Waals surface area contributed by atoms with E-state index < -0.39 is 0 Å². The van der Waals surface area contributed by atoms with Crippen LogP contribution in [-0.4, -0.2) is 22.4 Å². The topological polar surface area (TPSA) is 66.9 Å². The van der Waals surface area contributed by atoms with Crippen molar-refractivity contribution in [2.24, 2.45) is 0 Å². The average Bonchev–Trinajstić information content (AvgIpc) is 3.41. The summed E-state index contributed by atoms with van der Waals surface area (Å²) in [5.74, 6) is 0.236. The predicted octanol–water partition coefficient (Wildman–Crippen LogP) is 2.99. The van der Waals surface area contributed by atoms with Crippen molar-refractivity contribution in [1.82, 2.24) is 15.3 Å². The number of carbonyl (C=O) groups excluding carboxylic acids is 1. The molecule has 1 aliphatic carbocycles. The molecule has 0 spiro atoms. The van der Waals surface area contributed by atoms with Gasteiger partial charge in [-0.2, -0.15) is 0 Å². The fourth-order valence-corrected chi connectivity index (χ4v) is 3.00. The van der Waals surface area contributed by atoms with Gasteiger partial charge in [-0.15, -0.1) is 0 Å². The van der Waals surface area contributed by atoms with Crippen LogP contribution >= 0.6 is 0 Å². The first kappa shape index (κ1) is 15.5. The second kappa shape index (κ2) is 6.12. The van der Waals surface area contributed by atoms with Crippen molar-refractivity contribution in [2.75, 3.05) is 11.9 Å². The highest BCUT2D eigenvalue weighted by molar-refractivity contribution is 5.90. The predicted molar refractivity (Wildman–Crippen MR) is 93.5 cm³/mol. The van der Waals surface area contributed by atoms with Gasteiger partial charge in [0.25, 0.3) is 0 Å². The molecule has 0 unspecified atom stereocenters. The number of amides is 1. The minimum Gasteiger partial charge on any atom is -0.360 e. The monoisotopic (exact) mass is 336 g/mol. The number of nitrogens with one attached hydrogen (secondary N) is 2. The molecule has 2 N–H and O–H groups in total. The zero-order valence-electron chi connectivity index (χ0n) is 13.5. The number of hydrogen-bond acceptors (Lipinski definition) is 4. The van der Waals surface area contributed by atoms with Gasteiger partial charge in [0.1, 0.15) is 18.0 Å². The van der Waals surface area contributed by atoms with E-state index in [4.69, 9.17) is 0 Å². The van der Waals surface area contributed by atoms with Gasteiger partial charge < -0.3 is 10.6 Å². The Morgan fingerprint density at radius 3 is 2.60 bits per heavy atom. The van der Waals surface area contributed by atoms with Crippen LogP contribution in [0.3, 0.4) is 0 Å². The molecular weight excluding hydrogens is 319 g/mol. The number of nitrogens with zero attached hydrogens (tertiary/aromatic N) is 2. The Morgan fingerprint density at radius 2 is 1.84 bits per heavy atom. The van der Waals surface area contributed by atoms with Gasteiger partial charge in [0.2, 0.25) is 5.91 Å². The number of halogens is 1. The molecule has 0 aliphatic heterocycles. The third kappa shape index (κ3) is 3.15. The van der Waals surface area contributed by atoms with Gasteiger partial charge in [0, 0.05) is 5.39 Å². The Labute approximate surface area is 144 Å². The molecule has 1 saturated carbocycles. The molecule has 0 saturated heterocycles. The van der Waals surface area contributed by atoms with Gasteiger partial charge in [-0.05, 0) is 42.7 Å². The number of rotatable bonds is 5. The summed E-state index contributed by atoms with van der Waals surface area (Å²) in [7, 11) is 0. The number of benzene rings is 2. The molecule has 1 heterocycles. The fraction of sp³-hybridized carbons (Fsp3) is 0.211. The smallest absolute Gasteiger partial charge is 0.240 e. The van der Waals surface area contributed by atoms with Gasteiger partial charge in [0.15, 0.2) is 0 Å². The van der Waals surface area contributed by atoms with Crippen LogP contribution < -0.4 is 10.6 Å². The molecule has 4 rings (SSSR count). The largest absolute Gasteiger partial charge is 0.360 e. The first-order valence-corrected chi connectivity index (χ1v) is 8.17. The summed E-state index contributed by atoms with van der Waals surface area (Å²) in [6.07, 6.45) is 3.20. The van der Waals surface area contributed by atoms with Crippen LogP contribution in [0.25, 0.3) is 10.9 Å². The Hall–Kier alpha value is -3.02. The molecule has 0 radical (unpaired) electrons. The maximum absolute atomic E-state index is 13.1. The molecule has 5 nitrogen and oxygen atoms in total. The zero-order valence-corrected chi connectivity index (χ0v) is 13.5. The number of fused-ring (bicyclic) bond motifs is 1. The third-order valence-electron chi connectivity index (χ3n) is 4.48. The summed E-state index contributed by atoms with van der Waals surface area (Å²) in [6, 6.07) is 13.9. The highest BCUT2D eigenvalue weighted by atomic mass is 19.1. The van der Waals surface area contributed by atoms with Crippen LogP contribution in [0, 0.1) is 5.82 Å². The van der Waals surface area contributed by atoms with Crippen LogP contribution in [0.1, 0.15) is 18.4 Å². The number of anilines is 1. The molecule has 1 fully saturated rings. The molecule has 0 atom stereocenters. The van der Waals surface area contributed by atoms with Gasteiger partial charge in [-0.1, -0.05) is 24.3 Å². The minimum absolute atomic E-state index is 0.115. The molecule has 1 aliphatic rings. The van der Waals surface area contributed by atoms with E-state index >= 15 is 0 Å². The fourth-order valence-electron chi connectivity index (χ4n) is 3.00. The van der Waals surface area contributed by atoms with Crippen molar-refractivity contribution in [3.8, 4) is 0 Å². The van der Waals surface area contributed by atoms with Crippen molar-refractivity contribution in [1.29, 1.82) is 0 Å². The van der Waals surface area contributed by atoms with Crippen LogP contribution in [0.5, 0.6) is 0 Å². The standard InChI is InChI=1S/C19H17FN4O/c20-14-7-5-13(6-8-14)19(9-10-19)24-17(25)11-21-18-15-3-1-2-4-16(15)22-12-23-18/h1-8,12H,9-11H2,(H,24,25)(H,21,22,23). The Morgan fingerprint density at radius 1 is 1.08 bits per heavy atom. The minimum atomic E-state index is -0.361. The van der Waals surface area contributed by atoms with Crippen molar-refractivity contribution in [2.45, 2.75) is 18.4 Å². The van der Waals surface area contributed by atoms with E-state index in [1.54, 1.807) is 12.1 Å². The summed E-state index contributed by atoms with van der Waals surface area (Å²) in [4.78, 5) is 20.8. The lowest BCUT2D eigenvalue weighted by molar-refractivity contribution is -0.120. The molecule has 3 aromatic rings. The third-order valence-corrected chi connectivity index (χ3v) is 4.48. The lowest BCUT2D eigenvalue weighted by Crippen LogP contribution is -2.38. The Kier molecular flexibility index (Phi) is 3.80. The van der Waals surface area contributed by atoms with Crippen LogP contribution in [0.4, 0.5) is 10.2 Å². The Bertz CT molecular complexity index is 917. The summed E-state index contributed by atoms with van der Waals surface area (Å²) < 4.78 is 13.1. The maximum Gasteiger partial charge on any atom is 0.240 e. The van der Waals surface area contributed by atoms with Crippen molar-refractivity contribution >= 4 is 22.6 Å². The van der Waals surface area contributed by atoms with Crippen molar-refractivity contribution in [3.05, 3.63) is 66.2 Å². The van der Waals surface area contributed by atoms with Crippen LogP contribution in [0.2, 0.25) is 0 Å².